The van der Waals surface area contributed by atoms with Crippen molar-refractivity contribution in [2.75, 3.05) is 6.54 Å². The van der Waals surface area contributed by atoms with Crippen LogP contribution in [0, 0.1) is 0 Å². The lowest BCUT2D eigenvalue weighted by Gasteiger charge is -2.05. The van der Waals surface area contributed by atoms with E-state index in [2.05, 4.69) is 21.4 Å². The second kappa shape index (κ2) is 6.32. The summed E-state index contributed by atoms with van der Waals surface area (Å²) in [5.41, 5.74) is 4.22. The van der Waals surface area contributed by atoms with E-state index in [0.717, 1.165) is 17.5 Å². The van der Waals surface area contributed by atoms with Gasteiger partial charge in [0, 0.05) is 23.6 Å². The van der Waals surface area contributed by atoms with Crippen molar-refractivity contribution in [1.82, 2.24) is 15.3 Å². The van der Waals surface area contributed by atoms with Crippen LogP contribution in [0.15, 0.2) is 57.9 Å². The fourth-order valence-electron chi connectivity index (χ4n) is 3.03. The number of H-pyrrole nitrogens is 2. The number of carbonyl (C=O) groups is 1. The van der Waals surface area contributed by atoms with Gasteiger partial charge in [0.25, 0.3) is 0 Å². The van der Waals surface area contributed by atoms with Gasteiger partial charge in [0.2, 0.25) is 5.91 Å². The lowest BCUT2D eigenvalue weighted by molar-refractivity contribution is -0.120. The van der Waals surface area contributed by atoms with E-state index in [-0.39, 0.29) is 12.3 Å². The molecule has 2 aromatic carbocycles. The van der Waals surface area contributed by atoms with Gasteiger partial charge in [-0.05, 0) is 35.7 Å². The van der Waals surface area contributed by atoms with E-state index in [4.69, 9.17) is 4.42 Å². The summed E-state index contributed by atoms with van der Waals surface area (Å²) in [6, 6.07) is 13.4. The highest BCUT2D eigenvalue weighted by molar-refractivity contribution is 5.83. The number of amides is 1. The number of oxazole rings is 1. The third kappa shape index (κ3) is 3.19. The first-order chi connectivity index (χ1) is 12.2. The largest absolute Gasteiger partial charge is 0.417 e. The molecule has 0 saturated heterocycles. The topological polar surface area (TPSA) is 90.9 Å². The molecule has 0 spiro atoms. The monoisotopic (exact) mass is 335 g/mol. The minimum absolute atomic E-state index is 0.0509. The number of benzene rings is 2. The van der Waals surface area contributed by atoms with Crippen molar-refractivity contribution in [3.8, 4) is 0 Å². The summed E-state index contributed by atoms with van der Waals surface area (Å²) >= 11 is 0. The van der Waals surface area contributed by atoms with Gasteiger partial charge < -0.3 is 14.7 Å². The molecule has 6 nitrogen and oxygen atoms in total. The summed E-state index contributed by atoms with van der Waals surface area (Å²) in [5, 5.41) is 4.13. The second-order valence-electron chi connectivity index (χ2n) is 5.98. The first-order valence-electron chi connectivity index (χ1n) is 8.12. The number of carbonyl (C=O) groups excluding carboxylic acids is 1. The van der Waals surface area contributed by atoms with Gasteiger partial charge in [0.05, 0.1) is 11.9 Å². The molecule has 0 aliphatic rings. The predicted molar refractivity (Wildman–Crippen MR) is 95.6 cm³/mol. The number of nitrogens with one attached hydrogen (secondary N) is 3. The van der Waals surface area contributed by atoms with Gasteiger partial charge in [-0.2, -0.15) is 0 Å². The number of aromatic nitrogens is 2. The average molecular weight is 335 g/mol. The van der Waals surface area contributed by atoms with Crippen molar-refractivity contribution in [3.63, 3.8) is 0 Å². The number of rotatable bonds is 5. The Kier molecular flexibility index (Phi) is 3.85. The lowest BCUT2D eigenvalue weighted by Crippen LogP contribution is -2.27. The van der Waals surface area contributed by atoms with Gasteiger partial charge in [-0.15, -0.1) is 0 Å². The molecule has 4 rings (SSSR count). The number of fused-ring (bicyclic) bond motifs is 2. The summed E-state index contributed by atoms with van der Waals surface area (Å²) < 4.78 is 4.95. The Morgan fingerprint density at radius 2 is 2.00 bits per heavy atom. The Balaban J connectivity index is 1.36. The van der Waals surface area contributed by atoms with Crippen LogP contribution in [-0.4, -0.2) is 22.4 Å². The van der Waals surface area contributed by atoms with E-state index in [1.807, 2.05) is 24.4 Å². The summed E-state index contributed by atoms with van der Waals surface area (Å²) in [6.07, 6.45) is 3.01. The van der Waals surface area contributed by atoms with Gasteiger partial charge in [0.1, 0.15) is 0 Å². The van der Waals surface area contributed by atoms with Gasteiger partial charge in [-0.25, -0.2) is 4.79 Å². The zero-order valence-electron chi connectivity index (χ0n) is 13.5. The fraction of sp³-hybridized carbons (Fsp3) is 0.158. The minimum atomic E-state index is -0.490. The molecule has 0 atom stereocenters. The van der Waals surface area contributed by atoms with Crippen LogP contribution in [0.4, 0.5) is 0 Å². The molecule has 0 unspecified atom stereocenters. The quantitative estimate of drug-likeness (QED) is 0.523. The van der Waals surface area contributed by atoms with E-state index in [1.54, 1.807) is 18.2 Å². The Hall–Kier alpha value is -3.28. The van der Waals surface area contributed by atoms with Crippen LogP contribution in [0.3, 0.4) is 0 Å². The molecule has 0 saturated carbocycles. The van der Waals surface area contributed by atoms with Crippen molar-refractivity contribution in [2.45, 2.75) is 12.8 Å². The SMILES string of the molecule is O=C(Cc1ccc2oc(=O)[nH]c2c1)NCCc1c[nH]c2ccccc12. The van der Waals surface area contributed by atoms with Crippen LogP contribution < -0.4 is 11.1 Å². The maximum atomic E-state index is 12.1. The van der Waals surface area contributed by atoms with E-state index < -0.39 is 5.76 Å². The minimum Gasteiger partial charge on any atom is -0.408 e. The van der Waals surface area contributed by atoms with Gasteiger partial charge >= 0.3 is 5.76 Å². The Morgan fingerprint density at radius 3 is 2.92 bits per heavy atom. The second-order valence-corrected chi connectivity index (χ2v) is 5.98. The molecule has 0 radical (unpaired) electrons. The molecule has 4 aromatic rings. The number of aromatic amines is 2. The molecule has 6 heteroatoms. The van der Waals surface area contributed by atoms with E-state index in [1.165, 1.54) is 10.9 Å². The molecule has 3 N–H and O–H groups in total. The third-order valence-electron chi connectivity index (χ3n) is 4.24. The normalized spacial score (nSPS) is 11.2. The van der Waals surface area contributed by atoms with Crippen LogP contribution in [0.25, 0.3) is 22.0 Å². The fourth-order valence-corrected chi connectivity index (χ4v) is 3.03. The lowest BCUT2D eigenvalue weighted by atomic mass is 10.1. The average Bonchev–Trinajstić information content (AvgIpc) is 3.17. The molecule has 0 fully saturated rings. The molecular formula is C19H17N3O3. The zero-order chi connectivity index (χ0) is 17.2. The van der Waals surface area contributed by atoms with Crippen LogP contribution in [-0.2, 0) is 17.6 Å². The van der Waals surface area contributed by atoms with E-state index >= 15 is 0 Å². The number of hydrogen-bond donors (Lipinski definition) is 3. The highest BCUT2D eigenvalue weighted by atomic mass is 16.4. The van der Waals surface area contributed by atoms with Gasteiger partial charge in [-0.3, -0.25) is 9.78 Å². The molecule has 126 valence electrons. The summed E-state index contributed by atoms with van der Waals surface area (Å²) in [5.74, 6) is -0.541. The molecule has 0 bridgehead atoms. The van der Waals surface area contributed by atoms with Crippen LogP contribution in [0.2, 0.25) is 0 Å². The first-order valence-corrected chi connectivity index (χ1v) is 8.12. The highest BCUT2D eigenvalue weighted by Crippen LogP contribution is 2.17. The molecule has 1 amide bonds. The predicted octanol–water partition coefficient (Wildman–Crippen LogP) is 2.50. The summed E-state index contributed by atoms with van der Waals surface area (Å²) in [4.78, 5) is 29.1. The van der Waals surface area contributed by atoms with Crippen molar-refractivity contribution in [2.24, 2.45) is 0 Å². The number of para-hydroxylation sites is 1. The smallest absolute Gasteiger partial charge is 0.408 e. The summed E-state index contributed by atoms with van der Waals surface area (Å²) in [7, 11) is 0. The first kappa shape index (κ1) is 15.3. The van der Waals surface area contributed by atoms with E-state index in [0.29, 0.717) is 17.6 Å². The maximum absolute atomic E-state index is 12.1. The molecule has 25 heavy (non-hydrogen) atoms. The van der Waals surface area contributed by atoms with Crippen LogP contribution in [0.1, 0.15) is 11.1 Å². The van der Waals surface area contributed by atoms with Crippen LogP contribution >= 0.6 is 0 Å². The Bertz CT molecular complexity index is 1100. The third-order valence-corrected chi connectivity index (χ3v) is 4.24. The number of hydrogen-bond acceptors (Lipinski definition) is 3. The Labute approximate surface area is 142 Å². The van der Waals surface area contributed by atoms with Crippen molar-refractivity contribution < 1.29 is 9.21 Å². The van der Waals surface area contributed by atoms with Crippen LogP contribution in [0.5, 0.6) is 0 Å². The standard InChI is InChI=1S/C19H17N3O3/c23-18(10-12-5-6-17-16(9-12)22-19(24)25-17)20-8-7-13-11-21-15-4-2-1-3-14(13)15/h1-6,9,11,21H,7-8,10H2,(H,20,23)(H,22,24). The summed E-state index contributed by atoms with van der Waals surface area (Å²) in [6.45, 7) is 0.575. The maximum Gasteiger partial charge on any atom is 0.417 e. The molecule has 0 aliphatic heterocycles. The van der Waals surface area contributed by atoms with Crippen molar-refractivity contribution in [3.05, 3.63) is 70.3 Å². The van der Waals surface area contributed by atoms with E-state index in [9.17, 15) is 9.59 Å². The molecule has 2 aromatic heterocycles. The van der Waals surface area contributed by atoms with Gasteiger partial charge in [-0.1, -0.05) is 24.3 Å². The highest BCUT2D eigenvalue weighted by Gasteiger charge is 2.07. The Morgan fingerprint density at radius 1 is 1.12 bits per heavy atom. The zero-order valence-corrected chi connectivity index (χ0v) is 13.5. The van der Waals surface area contributed by atoms with Crippen molar-refractivity contribution >= 4 is 27.9 Å². The molecular weight excluding hydrogens is 318 g/mol. The molecule has 2 heterocycles. The molecule has 0 aliphatic carbocycles. The van der Waals surface area contributed by atoms with Crippen molar-refractivity contribution in [1.29, 1.82) is 0 Å². The van der Waals surface area contributed by atoms with Gasteiger partial charge in [0.15, 0.2) is 5.58 Å².